The maximum absolute atomic E-state index is 12.0. The molecule has 0 radical (unpaired) electrons. The Labute approximate surface area is 150 Å². The van der Waals surface area contributed by atoms with Gasteiger partial charge in [0.2, 0.25) is 0 Å². The van der Waals surface area contributed by atoms with Gasteiger partial charge in [-0.15, -0.1) is 0 Å². The van der Waals surface area contributed by atoms with Gasteiger partial charge in [-0.2, -0.15) is 5.10 Å². The van der Waals surface area contributed by atoms with Crippen molar-refractivity contribution < 1.29 is 19.2 Å². The highest BCUT2D eigenvalue weighted by atomic mass is 16.6. The van der Waals surface area contributed by atoms with Gasteiger partial charge in [-0.25, -0.2) is 0 Å². The first-order valence-electron chi connectivity index (χ1n) is 7.88. The van der Waals surface area contributed by atoms with Crippen LogP contribution < -0.4 is 5.32 Å². The number of hydrogen-bond donors (Lipinski definition) is 1. The molecule has 2 aromatic rings. The first-order chi connectivity index (χ1) is 12.2. The topological polar surface area (TPSA) is 116 Å². The summed E-state index contributed by atoms with van der Waals surface area (Å²) in [6.45, 7) is 4.82. The number of carbonyl (C=O) groups excluding carboxylic acids is 2. The van der Waals surface area contributed by atoms with Crippen molar-refractivity contribution in [1.29, 1.82) is 0 Å². The summed E-state index contributed by atoms with van der Waals surface area (Å²) in [5, 5.41) is 17.7. The quantitative estimate of drug-likeness (QED) is 0.478. The maximum atomic E-state index is 12.0. The van der Waals surface area contributed by atoms with Crippen LogP contribution in [0.15, 0.2) is 18.2 Å². The van der Waals surface area contributed by atoms with E-state index >= 15 is 0 Å². The monoisotopic (exact) mass is 360 g/mol. The number of nitro groups is 1. The van der Waals surface area contributed by atoms with Crippen LogP contribution in [0.1, 0.15) is 22.5 Å². The number of ether oxygens (including phenoxy) is 1. The van der Waals surface area contributed by atoms with Crippen LogP contribution in [0.3, 0.4) is 0 Å². The first-order valence-corrected chi connectivity index (χ1v) is 7.88. The van der Waals surface area contributed by atoms with Crippen LogP contribution >= 0.6 is 0 Å². The number of esters is 1. The molecular weight excluding hydrogens is 340 g/mol. The van der Waals surface area contributed by atoms with Gasteiger partial charge in [0.1, 0.15) is 5.69 Å². The number of anilines is 1. The smallest absolute Gasteiger partial charge is 0.310 e. The Hall–Kier alpha value is -3.23. The number of amides is 1. The Bertz CT molecular complexity index is 872. The highest BCUT2D eigenvalue weighted by Gasteiger charge is 2.18. The molecule has 0 aliphatic carbocycles. The first kappa shape index (κ1) is 19.1. The number of nitrogens with zero attached hydrogens (tertiary/aromatic N) is 3. The van der Waals surface area contributed by atoms with Gasteiger partial charge in [-0.3, -0.25) is 24.4 Å². The van der Waals surface area contributed by atoms with Crippen LogP contribution in [0.4, 0.5) is 11.4 Å². The molecule has 1 aromatic heterocycles. The van der Waals surface area contributed by atoms with E-state index in [0.29, 0.717) is 5.56 Å². The largest absolute Gasteiger partial charge is 0.455 e. The van der Waals surface area contributed by atoms with Crippen LogP contribution in [0, 0.1) is 30.9 Å². The molecule has 0 spiro atoms. The molecule has 0 bridgehead atoms. The minimum absolute atomic E-state index is 0.00344. The van der Waals surface area contributed by atoms with E-state index in [1.807, 2.05) is 6.92 Å². The van der Waals surface area contributed by atoms with Gasteiger partial charge in [-0.05, 0) is 32.4 Å². The van der Waals surface area contributed by atoms with Gasteiger partial charge in [0, 0.05) is 24.4 Å². The zero-order valence-electron chi connectivity index (χ0n) is 15.0. The number of hydrogen-bond acceptors (Lipinski definition) is 6. The van der Waals surface area contributed by atoms with Crippen molar-refractivity contribution in [2.45, 2.75) is 27.2 Å². The summed E-state index contributed by atoms with van der Waals surface area (Å²) in [4.78, 5) is 34.4. The molecule has 9 nitrogen and oxygen atoms in total. The van der Waals surface area contributed by atoms with Gasteiger partial charge in [0.25, 0.3) is 11.6 Å². The molecule has 0 saturated heterocycles. The molecule has 2 rings (SSSR count). The number of nitrogens with one attached hydrogen (secondary N) is 1. The molecule has 1 amide bonds. The lowest BCUT2D eigenvalue weighted by Gasteiger charge is -2.08. The molecule has 0 fully saturated rings. The van der Waals surface area contributed by atoms with Gasteiger partial charge in [0.05, 0.1) is 17.0 Å². The van der Waals surface area contributed by atoms with Crippen LogP contribution in [0.25, 0.3) is 0 Å². The van der Waals surface area contributed by atoms with Crippen molar-refractivity contribution in [3.63, 3.8) is 0 Å². The summed E-state index contributed by atoms with van der Waals surface area (Å²) >= 11 is 0. The van der Waals surface area contributed by atoms with E-state index in [9.17, 15) is 19.7 Å². The summed E-state index contributed by atoms with van der Waals surface area (Å²) in [6, 6.07) is 4.44. The summed E-state index contributed by atoms with van der Waals surface area (Å²) < 4.78 is 6.63. The number of carbonyl (C=O) groups is 2. The average molecular weight is 360 g/mol. The summed E-state index contributed by atoms with van der Waals surface area (Å²) in [7, 11) is 1.78. The Kier molecular flexibility index (Phi) is 5.71. The molecule has 1 aromatic carbocycles. The molecule has 0 aliphatic rings. The molecule has 9 heteroatoms. The molecule has 26 heavy (non-hydrogen) atoms. The zero-order chi connectivity index (χ0) is 19.4. The predicted octanol–water partition coefficient (Wildman–Crippen LogP) is 1.98. The van der Waals surface area contributed by atoms with E-state index in [1.54, 1.807) is 31.6 Å². The number of benzene rings is 1. The third kappa shape index (κ3) is 4.44. The van der Waals surface area contributed by atoms with Crippen molar-refractivity contribution in [3.8, 4) is 0 Å². The minimum atomic E-state index is -0.648. The van der Waals surface area contributed by atoms with E-state index in [4.69, 9.17) is 4.74 Å². The fraction of sp³-hybridized carbons (Fsp3) is 0.353. The van der Waals surface area contributed by atoms with E-state index in [1.165, 1.54) is 12.1 Å². The standard InChI is InChI=1S/C17H20N4O5/c1-10-5-6-14(15(7-10)21(24)25)18-16(22)9-26-17(23)8-13-11(2)19-20(4)12(13)3/h5-7H,8-9H2,1-4H3,(H,18,22). The summed E-state index contributed by atoms with van der Waals surface area (Å²) in [5.74, 6) is -1.22. The van der Waals surface area contributed by atoms with E-state index in [-0.39, 0.29) is 17.8 Å². The van der Waals surface area contributed by atoms with Gasteiger partial charge in [-0.1, -0.05) is 6.07 Å². The maximum Gasteiger partial charge on any atom is 0.310 e. The van der Waals surface area contributed by atoms with Crippen molar-refractivity contribution >= 4 is 23.3 Å². The van der Waals surface area contributed by atoms with Crippen LogP contribution in [-0.2, 0) is 27.8 Å². The summed E-state index contributed by atoms with van der Waals surface area (Å²) in [5.41, 5.74) is 2.86. The SMILES string of the molecule is Cc1ccc(NC(=O)COC(=O)Cc2c(C)nn(C)c2C)c([N+](=O)[O-])c1. The Balaban J connectivity index is 1.95. The van der Waals surface area contributed by atoms with Crippen LogP contribution in [0.5, 0.6) is 0 Å². The Morgan fingerprint density at radius 3 is 2.58 bits per heavy atom. The second-order valence-corrected chi connectivity index (χ2v) is 5.94. The molecule has 1 N–H and O–H groups in total. The Morgan fingerprint density at radius 2 is 2.00 bits per heavy atom. The zero-order valence-corrected chi connectivity index (χ0v) is 15.0. The van der Waals surface area contributed by atoms with Crippen LogP contribution in [0.2, 0.25) is 0 Å². The number of nitro benzene ring substituents is 1. The fourth-order valence-corrected chi connectivity index (χ4v) is 2.50. The predicted molar refractivity (Wildman–Crippen MR) is 93.8 cm³/mol. The highest BCUT2D eigenvalue weighted by Crippen LogP contribution is 2.25. The molecule has 138 valence electrons. The summed E-state index contributed by atoms with van der Waals surface area (Å²) in [6.07, 6.45) is 0.00344. The Morgan fingerprint density at radius 1 is 1.31 bits per heavy atom. The van der Waals surface area contributed by atoms with E-state index in [0.717, 1.165) is 17.0 Å². The number of aryl methyl sites for hydroxylation is 3. The highest BCUT2D eigenvalue weighted by molar-refractivity contribution is 5.95. The van der Waals surface area contributed by atoms with Crippen molar-refractivity contribution in [2.75, 3.05) is 11.9 Å². The second-order valence-electron chi connectivity index (χ2n) is 5.94. The molecule has 0 aliphatic heterocycles. The molecule has 1 heterocycles. The molecule has 0 saturated carbocycles. The normalized spacial score (nSPS) is 10.5. The minimum Gasteiger partial charge on any atom is -0.455 e. The third-order valence-electron chi connectivity index (χ3n) is 3.97. The van der Waals surface area contributed by atoms with Crippen LogP contribution in [-0.4, -0.2) is 33.2 Å². The lowest BCUT2D eigenvalue weighted by atomic mass is 10.1. The number of rotatable bonds is 6. The average Bonchev–Trinajstić information content (AvgIpc) is 2.80. The molecule has 0 unspecified atom stereocenters. The fourth-order valence-electron chi connectivity index (χ4n) is 2.50. The van der Waals surface area contributed by atoms with Gasteiger partial charge in [0.15, 0.2) is 6.61 Å². The third-order valence-corrected chi connectivity index (χ3v) is 3.97. The van der Waals surface area contributed by atoms with E-state index in [2.05, 4.69) is 10.4 Å². The number of aromatic nitrogens is 2. The van der Waals surface area contributed by atoms with Gasteiger partial charge < -0.3 is 10.1 Å². The molecule has 0 atom stereocenters. The molecular formula is C17H20N4O5. The van der Waals surface area contributed by atoms with Crippen molar-refractivity contribution in [2.24, 2.45) is 7.05 Å². The van der Waals surface area contributed by atoms with Gasteiger partial charge >= 0.3 is 5.97 Å². The lowest BCUT2D eigenvalue weighted by molar-refractivity contribution is -0.384. The lowest BCUT2D eigenvalue weighted by Crippen LogP contribution is -2.22. The second kappa shape index (κ2) is 7.77. The van der Waals surface area contributed by atoms with Crippen molar-refractivity contribution in [1.82, 2.24) is 9.78 Å². The van der Waals surface area contributed by atoms with Crippen molar-refractivity contribution in [3.05, 3.63) is 50.8 Å². The van der Waals surface area contributed by atoms with E-state index < -0.39 is 23.4 Å².